The van der Waals surface area contributed by atoms with Gasteiger partial charge in [0.1, 0.15) is 12.1 Å². The van der Waals surface area contributed by atoms with Crippen LogP contribution in [-0.4, -0.2) is 59.4 Å². The number of nitrogens with two attached hydrogens (primary N) is 2. The lowest BCUT2D eigenvalue weighted by Crippen LogP contribution is -2.54. The molecule has 0 fully saturated rings. The molecule has 11 heteroatoms. The van der Waals surface area contributed by atoms with Gasteiger partial charge in [0.05, 0.1) is 12.6 Å². The molecule has 0 bridgehead atoms. The van der Waals surface area contributed by atoms with Crippen molar-refractivity contribution in [2.45, 2.75) is 85.0 Å². The van der Waals surface area contributed by atoms with Crippen molar-refractivity contribution in [3.8, 4) is 0 Å². The van der Waals surface area contributed by atoms with Crippen molar-refractivity contribution < 1.29 is 19.2 Å². The van der Waals surface area contributed by atoms with Gasteiger partial charge in [-0.15, -0.1) is 0 Å². The van der Waals surface area contributed by atoms with E-state index in [-0.39, 0.29) is 24.3 Å². The van der Waals surface area contributed by atoms with Crippen LogP contribution in [0, 0.1) is 11.8 Å². The summed E-state index contributed by atoms with van der Waals surface area (Å²) in [5, 5.41) is 13.2. The van der Waals surface area contributed by atoms with Gasteiger partial charge in [0.25, 0.3) is 0 Å². The molecule has 4 amide bonds. The van der Waals surface area contributed by atoms with E-state index in [4.69, 9.17) is 11.5 Å². The molecule has 240 valence electrons. The van der Waals surface area contributed by atoms with E-state index in [0.29, 0.717) is 37.9 Å². The molecule has 3 atom stereocenters. The number of carbonyl (C=O) groups is 4. The molecule has 0 aliphatic carbocycles. The van der Waals surface area contributed by atoms with Gasteiger partial charge in [-0.1, -0.05) is 45.9 Å². The highest BCUT2D eigenvalue weighted by molar-refractivity contribution is 6.10. The van der Waals surface area contributed by atoms with E-state index in [2.05, 4.69) is 44.9 Å². The molecule has 0 unspecified atom stereocenters. The first-order chi connectivity index (χ1) is 21.0. The number of unbranched alkanes of at least 4 members (excludes halogenated alkanes) is 1. The minimum atomic E-state index is -0.836. The molecule has 3 aromatic rings. The van der Waals surface area contributed by atoms with Crippen LogP contribution >= 0.6 is 0 Å². The minimum absolute atomic E-state index is 0.0930. The third-order valence-corrected chi connectivity index (χ3v) is 7.74. The van der Waals surface area contributed by atoms with E-state index in [0.717, 1.165) is 28.4 Å². The van der Waals surface area contributed by atoms with Crippen LogP contribution in [0.1, 0.15) is 60.3 Å². The van der Waals surface area contributed by atoms with Gasteiger partial charge in [-0.05, 0) is 75.3 Å². The Morgan fingerprint density at radius 3 is 2.20 bits per heavy atom. The van der Waals surface area contributed by atoms with Crippen molar-refractivity contribution in [1.29, 1.82) is 0 Å². The second-order valence-corrected chi connectivity index (χ2v) is 12.1. The number of aryl methyl sites for hydroxylation is 1. The van der Waals surface area contributed by atoms with Gasteiger partial charge < -0.3 is 37.3 Å². The first-order valence-electron chi connectivity index (χ1n) is 15.6. The molecule has 0 radical (unpaired) electrons. The van der Waals surface area contributed by atoms with E-state index in [9.17, 15) is 19.2 Å². The van der Waals surface area contributed by atoms with Crippen LogP contribution < -0.4 is 32.7 Å². The maximum absolute atomic E-state index is 13.4. The van der Waals surface area contributed by atoms with Crippen LogP contribution in [0.2, 0.25) is 0 Å². The van der Waals surface area contributed by atoms with E-state index in [1.54, 1.807) is 0 Å². The van der Waals surface area contributed by atoms with Crippen LogP contribution in [-0.2, 0) is 25.7 Å². The molecule has 1 aromatic heterocycles. The molecule has 0 aliphatic heterocycles. The summed E-state index contributed by atoms with van der Waals surface area (Å²) in [5.74, 6) is -1.75. The number of rotatable bonds is 16. The standard InChI is InChI=1S/C33H49N7O4/c1-6-40-27-13-8-7-11-23(27)24-18-22(14-15-28(24)40)37-32(43)25(12-9-10-16-34)38-29(41)19-36-31(42)26(17-20(2)3)39-33(44)30(35)21(4)5/h7-8,11,13-15,18,20-21,25-26,30H,6,9-10,12,16-17,19,34-35H2,1-5H3,(H,36,42)(H,37,43)(H,38,41)(H,39,44)/t25-,26-,30+/m0/s1. The Hall–Kier alpha value is -3.96. The number of benzene rings is 2. The highest BCUT2D eigenvalue weighted by Gasteiger charge is 2.27. The van der Waals surface area contributed by atoms with Crippen LogP contribution in [0.3, 0.4) is 0 Å². The molecule has 3 rings (SSSR count). The summed E-state index contributed by atoms with van der Waals surface area (Å²) in [6.07, 6.45) is 2.12. The van der Waals surface area contributed by atoms with Crippen molar-refractivity contribution in [1.82, 2.24) is 20.5 Å². The molecule has 0 spiro atoms. The van der Waals surface area contributed by atoms with Gasteiger partial charge in [0.2, 0.25) is 23.6 Å². The lowest BCUT2D eigenvalue weighted by molar-refractivity contribution is -0.132. The van der Waals surface area contributed by atoms with E-state index in [1.807, 2.05) is 58.0 Å². The van der Waals surface area contributed by atoms with Gasteiger partial charge in [0, 0.05) is 34.0 Å². The van der Waals surface area contributed by atoms with E-state index in [1.165, 1.54) is 0 Å². The minimum Gasteiger partial charge on any atom is -0.345 e. The number of para-hydroxylation sites is 1. The fourth-order valence-corrected chi connectivity index (χ4v) is 5.27. The van der Waals surface area contributed by atoms with Gasteiger partial charge >= 0.3 is 0 Å². The molecule has 8 N–H and O–H groups in total. The van der Waals surface area contributed by atoms with Crippen molar-refractivity contribution in [2.75, 3.05) is 18.4 Å². The average Bonchev–Trinajstić information content (AvgIpc) is 3.31. The Bertz CT molecular complexity index is 1450. The molecule has 0 saturated heterocycles. The summed E-state index contributed by atoms with van der Waals surface area (Å²) >= 11 is 0. The number of carbonyl (C=O) groups excluding carboxylic acids is 4. The molecule has 0 aliphatic rings. The van der Waals surface area contributed by atoms with Crippen LogP contribution in [0.4, 0.5) is 5.69 Å². The second kappa shape index (κ2) is 16.2. The Labute approximate surface area is 259 Å². The highest BCUT2D eigenvalue weighted by Crippen LogP contribution is 2.31. The monoisotopic (exact) mass is 607 g/mol. The van der Waals surface area contributed by atoms with Crippen molar-refractivity contribution >= 4 is 51.1 Å². The molecule has 1 heterocycles. The zero-order chi connectivity index (χ0) is 32.4. The number of hydrogen-bond donors (Lipinski definition) is 6. The summed E-state index contributed by atoms with van der Waals surface area (Å²) in [4.78, 5) is 51.8. The maximum atomic E-state index is 13.4. The summed E-state index contributed by atoms with van der Waals surface area (Å²) in [5.41, 5.74) is 14.4. The fourth-order valence-electron chi connectivity index (χ4n) is 5.27. The zero-order valence-electron chi connectivity index (χ0n) is 26.6. The Kier molecular flexibility index (Phi) is 12.7. The first-order valence-corrected chi connectivity index (χ1v) is 15.6. The number of nitrogens with one attached hydrogen (secondary N) is 4. The molecule has 2 aromatic carbocycles. The maximum Gasteiger partial charge on any atom is 0.246 e. The lowest BCUT2D eigenvalue weighted by atomic mass is 10.0. The fraction of sp³-hybridized carbons (Fsp3) is 0.515. The molecule has 0 saturated carbocycles. The van der Waals surface area contributed by atoms with Crippen LogP contribution in [0.25, 0.3) is 21.8 Å². The predicted octanol–water partition coefficient (Wildman–Crippen LogP) is 3.00. The average molecular weight is 608 g/mol. The Morgan fingerprint density at radius 2 is 1.55 bits per heavy atom. The van der Waals surface area contributed by atoms with Crippen LogP contribution in [0.15, 0.2) is 42.5 Å². The number of hydrogen-bond acceptors (Lipinski definition) is 6. The Balaban J connectivity index is 1.68. The first kappa shape index (κ1) is 34.5. The van der Waals surface area contributed by atoms with Crippen LogP contribution in [0.5, 0.6) is 0 Å². The second-order valence-electron chi connectivity index (χ2n) is 12.1. The summed E-state index contributed by atoms with van der Waals surface area (Å²) in [6, 6.07) is 11.5. The summed E-state index contributed by atoms with van der Waals surface area (Å²) < 4.78 is 2.23. The SMILES string of the molecule is CCn1c2ccccc2c2cc(NC(=O)[C@H](CCCCN)NC(=O)CNC(=O)[C@H](CC(C)C)NC(=O)[C@H](N)C(C)C)ccc21. The molecule has 11 nitrogen and oxygen atoms in total. The summed E-state index contributed by atoms with van der Waals surface area (Å²) in [6.45, 7) is 10.6. The largest absolute Gasteiger partial charge is 0.345 e. The molecular weight excluding hydrogens is 558 g/mol. The smallest absolute Gasteiger partial charge is 0.246 e. The van der Waals surface area contributed by atoms with Gasteiger partial charge in [0.15, 0.2) is 0 Å². The number of fused-ring (bicyclic) bond motifs is 3. The number of anilines is 1. The van der Waals surface area contributed by atoms with Crippen molar-refractivity contribution in [3.05, 3.63) is 42.5 Å². The van der Waals surface area contributed by atoms with Gasteiger partial charge in [-0.25, -0.2) is 0 Å². The number of nitrogens with zero attached hydrogens (tertiary/aromatic N) is 1. The zero-order valence-corrected chi connectivity index (χ0v) is 26.6. The van der Waals surface area contributed by atoms with E-state index < -0.39 is 35.8 Å². The lowest BCUT2D eigenvalue weighted by Gasteiger charge is -2.23. The predicted molar refractivity (Wildman–Crippen MR) is 176 cm³/mol. The van der Waals surface area contributed by atoms with Crippen molar-refractivity contribution in [3.63, 3.8) is 0 Å². The van der Waals surface area contributed by atoms with E-state index >= 15 is 0 Å². The van der Waals surface area contributed by atoms with Gasteiger partial charge in [-0.3, -0.25) is 19.2 Å². The molecular formula is C33H49N7O4. The normalized spacial score (nSPS) is 13.6. The number of amides is 4. The number of aromatic nitrogens is 1. The quantitative estimate of drug-likeness (QED) is 0.137. The summed E-state index contributed by atoms with van der Waals surface area (Å²) in [7, 11) is 0. The third kappa shape index (κ3) is 9.03. The van der Waals surface area contributed by atoms with Crippen molar-refractivity contribution in [2.24, 2.45) is 23.3 Å². The van der Waals surface area contributed by atoms with Gasteiger partial charge in [-0.2, -0.15) is 0 Å². The topological polar surface area (TPSA) is 173 Å². The third-order valence-electron chi connectivity index (χ3n) is 7.74. The Morgan fingerprint density at radius 1 is 0.841 bits per heavy atom. The molecule has 44 heavy (non-hydrogen) atoms. The highest BCUT2D eigenvalue weighted by atomic mass is 16.2.